The molecule has 4 heteroatoms. The summed E-state index contributed by atoms with van der Waals surface area (Å²) in [6.07, 6.45) is 3.53. The molecule has 4 aromatic rings. The van der Waals surface area contributed by atoms with E-state index in [0.29, 0.717) is 0 Å². The molecule has 0 atom stereocenters. The molecular formula is C21H18O3Si. The fraction of sp³-hybridized carbons (Fsp3) is 0.0476. The van der Waals surface area contributed by atoms with Crippen LogP contribution in [0, 0.1) is 0 Å². The van der Waals surface area contributed by atoms with Crippen LogP contribution in [0.1, 0.15) is 0 Å². The van der Waals surface area contributed by atoms with Crippen LogP contribution >= 0.6 is 0 Å². The number of hydrogen-bond acceptors (Lipinski definition) is 3. The zero-order valence-corrected chi connectivity index (χ0v) is 16.2. The number of hydrogen-bond donors (Lipinski definition) is 0. The van der Waals surface area contributed by atoms with Gasteiger partial charge in [0, 0.05) is 15.8 Å². The molecule has 2 aromatic carbocycles. The Balaban J connectivity index is 1.78. The molecule has 0 aliphatic carbocycles. The van der Waals surface area contributed by atoms with E-state index in [0.717, 1.165) is 49.8 Å². The lowest BCUT2D eigenvalue weighted by molar-refractivity contribution is 0.415. The summed E-state index contributed by atoms with van der Waals surface area (Å²) >= 11 is 0. The van der Waals surface area contributed by atoms with Gasteiger partial charge in [-0.15, -0.1) is 0 Å². The summed E-state index contributed by atoms with van der Waals surface area (Å²) in [5.41, 5.74) is 4.38. The Labute approximate surface area is 149 Å². The summed E-state index contributed by atoms with van der Waals surface area (Å²) in [6.45, 7) is 0. The molecule has 0 saturated heterocycles. The van der Waals surface area contributed by atoms with E-state index in [-0.39, 0.29) is 0 Å². The van der Waals surface area contributed by atoms with Crippen molar-refractivity contribution in [1.82, 2.24) is 0 Å². The SMILES string of the molecule is COc1ccc(-c2cccc(-c3occ([SiH3])c3-c3ccco3)c2)cc1. The minimum absolute atomic E-state index is 0.851. The number of methoxy groups -OCH3 is 1. The van der Waals surface area contributed by atoms with Gasteiger partial charge in [0.15, 0.2) is 0 Å². The lowest BCUT2D eigenvalue weighted by Crippen LogP contribution is -2.01. The molecule has 25 heavy (non-hydrogen) atoms. The van der Waals surface area contributed by atoms with Crippen LogP contribution in [0.15, 0.2) is 82.0 Å². The monoisotopic (exact) mass is 346 g/mol. The smallest absolute Gasteiger partial charge is 0.144 e. The Hall–Kier alpha value is -2.98. The molecule has 0 spiro atoms. The van der Waals surface area contributed by atoms with Gasteiger partial charge in [0.1, 0.15) is 17.3 Å². The maximum Gasteiger partial charge on any atom is 0.144 e. The molecule has 0 saturated carbocycles. The largest absolute Gasteiger partial charge is 0.497 e. The number of rotatable bonds is 4. The van der Waals surface area contributed by atoms with Gasteiger partial charge in [0.25, 0.3) is 0 Å². The molecule has 0 N–H and O–H groups in total. The molecule has 4 rings (SSSR count). The standard InChI is InChI=1S/C21H18O3Si/c1-22-17-9-7-14(8-10-17)15-4-2-5-16(12-15)21-20(19(25)13-24-21)18-6-3-11-23-18/h2-13H,1,25H3. The molecule has 0 unspecified atom stereocenters. The first kappa shape index (κ1) is 15.5. The van der Waals surface area contributed by atoms with E-state index in [9.17, 15) is 0 Å². The second-order valence-corrected chi connectivity index (χ2v) is 6.99. The van der Waals surface area contributed by atoms with E-state index >= 15 is 0 Å². The predicted octanol–water partition coefficient (Wildman–Crippen LogP) is 3.87. The highest BCUT2D eigenvalue weighted by atomic mass is 28.1. The van der Waals surface area contributed by atoms with Crippen LogP contribution in [0.3, 0.4) is 0 Å². The van der Waals surface area contributed by atoms with Crippen LogP contribution in [-0.2, 0) is 0 Å². The summed E-state index contributed by atoms with van der Waals surface area (Å²) < 4.78 is 16.7. The van der Waals surface area contributed by atoms with Gasteiger partial charge in [-0.25, -0.2) is 0 Å². The Kier molecular flexibility index (Phi) is 4.03. The molecule has 3 nitrogen and oxygen atoms in total. The molecule has 2 aromatic heterocycles. The maximum atomic E-state index is 5.89. The average Bonchev–Trinajstić information content (AvgIpc) is 3.31. The lowest BCUT2D eigenvalue weighted by atomic mass is 10.00. The average molecular weight is 346 g/mol. The Morgan fingerprint density at radius 1 is 0.840 bits per heavy atom. The van der Waals surface area contributed by atoms with Crippen LogP contribution in [0.4, 0.5) is 0 Å². The van der Waals surface area contributed by atoms with Crippen molar-refractivity contribution in [3.05, 3.63) is 73.2 Å². The quantitative estimate of drug-likeness (QED) is 0.526. The molecule has 0 bridgehead atoms. The summed E-state index contributed by atoms with van der Waals surface area (Å²) in [5.74, 6) is 2.56. The van der Waals surface area contributed by atoms with E-state index in [2.05, 4.69) is 36.4 Å². The second kappa shape index (κ2) is 6.49. The molecule has 0 amide bonds. The van der Waals surface area contributed by atoms with Crippen molar-refractivity contribution in [2.45, 2.75) is 0 Å². The van der Waals surface area contributed by atoms with Crippen LogP contribution in [-0.4, -0.2) is 17.4 Å². The lowest BCUT2D eigenvalue weighted by Gasteiger charge is -2.07. The van der Waals surface area contributed by atoms with Crippen molar-refractivity contribution < 1.29 is 13.6 Å². The first-order valence-corrected chi connectivity index (χ1v) is 9.13. The zero-order valence-electron chi connectivity index (χ0n) is 14.2. The summed E-state index contributed by atoms with van der Waals surface area (Å²) in [6, 6.07) is 20.3. The van der Waals surface area contributed by atoms with Crippen molar-refractivity contribution in [2.24, 2.45) is 0 Å². The number of benzene rings is 2. The van der Waals surface area contributed by atoms with Gasteiger partial charge in [-0.05, 0) is 46.6 Å². The molecule has 124 valence electrons. The van der Waals surface area contributed by atoms with Gasteiger partial charge < -0.3 is 13.6 Å². The molecule has 0 radical (unpaired) electrons. The van der Waals surface area contributed by atoms with Crippen LogP contribution < -0.4 is 9.92 Å². The first-order valence-electron chi connectivity index (χ1n) is 8.13. The van der Waals surface area contributed by atoms with Crippen molar-refractivity contribution in [1.29, 1.82) is 0 Å². The number of furan rings is 2. The van der Waals surface area contributed by atoms with E-state index < -0.39 is 0 Å². The highest BCUT2D eigenvalue weighted by Crippen LogP contribution is 2.34. The third-order valence-corrected chi connectivity index (χ3v) is 5.03. The van der Waals surface area contributed by atoms with Gasteiger partial charge in [0.05, 0.1) is 25.2 Å². The van der Waals surface area contributed by atoms with Gasteiger partial charge in [-0.2, -0.15) is 0 Å². The maximum absolute atomic E-state index is 5.89. The molecule has 0 aliphatic heterocycles. The third kappa shape index (κ3) is 2.92. The molecule has 0 fully saturated rings. The van der Waals surface area contributed by atoms with Crippen LogP contribution in [0.25, 0.3) is 33.8 Å². The Bertz CT molecular complexity index is 982. The Morgan fingerprint density at radius 2 is 1.64 bits per heavy atom. The molecule has 2 heterocycles. The van der Waals surface area contributed by atoms with Crippen molar-refractivity contribution in [2.75, 3.05) is 7.11 Å². The van der Waals surface area contributed by atoms with E-state index in [1.165, 1.54) is 5.19 Å². The van der Waals surface area contributed by atoms with Gasteiger partial charge in [0.2, 0.25) is 0 Å². The van der Waals surface area contributed by atoms with E-state index in [1.54, 1.807) is 13.4 Å². The highest BCUT2D eigenvalue weighted by Gasteiger charge is 2.17. The van der Waals surface area contributed by atoms with Crippen LogP contribution in [0.2, 0.25) is 0 Å². The van der Waals surface area contributed by atoms with E-state index in [1.807, 2.05) is 30.5 Å². The first-order chi connectivity index (χ1) is 12.3. The zero-order chi connectivity index (χ0) is 17.2. The second-order valence-electron chi connectivity index (χ2n) is 5.91. The molecular weight excluding hydrogens is 328 g/mol. The third-order valence-electron chi connectivity index (χ3n) is 4.29. The summed E-state index contributed by atoms with van der Waals surface area (Å²) in [7, 11) is 2.57. The van der Waals surface area contributed by atoms with Gasteiger partial charge in [-0.1, -0.05) is 30.3 Å². The minimum atomic E-state index is 0.851. The topological polar surface area (TPSA) is 35.5 Å². The summed E-state index contributed by atoms with van der Waals surface area (Å²) in [5, 5.41) is 1.19. The van der Waals surface area contributed by atoms with Crippen molar-refractivity contribution >= 4 is 15.4 Å². The Morgan fingerprint density at radius 3 is 2.36 bits per heavy atom. The van der Waals surface area contributed by atoms with Crippen molar-refractivity contribution in [3.8, 4) is 39.5 Å². The molecule has 0 aliphatic rings. The minimum Gasteiger partial charge on any atom is -0.497 e. The predicted molar refractivity (Wildman–Crippen MR) is 103 cm³/mol. The normalized spacial score (nSPS) is 10.9. The fourth-order valence-corrected chi connectivity index (χ4v) is 3.60. The highest BCUT2D eigenvalue weighted by molar-refractivity contribution is 6.36. The van der Waals surface area contributed by atoms with E-state index in [4.69, 9.17) is 13.6 Å². The van der Waals surface area contributed by atoms with Crippen LogP contribution in [0.5, 0.6) is 5.75 Å². The van der Waals surface area contributed by atoms with Crippen molar-refractivity contribution in [3.63, 3.8) is 0 Å². The van der Waals surface area contributed by atoms with Gasteiger partial charge >= 0.3 is 0 Å². The number of ether oxygens (including phenoxy) is 1. The fourth-order valence-electron chi connectivity index (χ4n) is 3.01. The summed E-state index contributed by atoms with van der Waals surface area (Å²) in [4.78, 5) is 0. The van der Waals surface area contributed by atoms with Gasteiger partial charge in [-0.3, -0.25) is 0 Å².